The zero-order valence-corrected chi connectivity index (χ0v) is 11.3. The van der Waals surface area contributed by atoms with Gasteiger partial charge >= 0.3 is 5.97 Å². The molecule has 1 aromatic rings. The van der Waals surface area contributed by atoms with E-state index in [1.807, 2.05) is 0 Å². The van der Waals surface area contributed by atoms with Gasteiger partial charge < -0.3 is 4.74 Å². The third-order valence-electron chi connectivity index (χ3n) is 3.15. The molecule has 2 unspecified atom stereocenters. The highest BCUT2D eigenvalue weighted by molar-refractivity contribution is 7.93. The molecule has 0 saturated heterocycles. The van der Waals surface area contributed by atoms with Crippen molar-refractivity contribution < 1.29 is 17.9 Å². The van der Waals surface area contributed by atoms with Gasteiger partial charge in [0.1, 0.15) is 0 Å². The zero-order chi connectivity index (χ0) is 13.9. The van der Waals surface area contributed by atoms with Crippen molar-refractivity contribution in [3.8, 4) is 0 Å². The SMILES string of the molecule is COC(=O)C1CCCC1S(=O)(=O)Nc1ncccn1. The number of carbonyl (C=O) groups excluding carboxylic acids is 1. The van der Waals surface area contributed by atoms with E-state index in [-0.39, 0.29) is 5.95 Å². The molecule has 7 nitrogen and oxygen atoms in total. The monoisotopic (exact) mass is 285 g/mol. The molecule has 1 aliphatic carbocycles. The molecule has 0 bridgehead atoms. The number of rotatable bonds is 4. The van der Waals surface area contributed by atoms with Crippen LogP contribution < -0.4 is 4.72 Å². The van der Waals surface area contributed by atoms with Crippen molar-refractivity contribution in [1.82, 2.24) is 9.97 Å². The molecule has 2 atom stereocenters. The van der Waals surface area contributed by atoms with E-state index in [0.29, 0.717) is 19.3 Å². The van der Waals surface area contributed by atoms with Crippen LogP contribution in [0.5, 0.6) is 0 Å². The second-order valence-electron chi connectivity index (χ2n) is 4.32. The number of ether oxygens (including phenoxy) is 1. The molecular weight excluding hydrogens is 270 g/mol. The first-order valence-corrected chi connectivity index (χ1v) is 7.45. The molecule has 0 aromatic carbocycles. The highest BCUT2D eigenvalue weighted by Crippen LogP contribution is 2.32. The Bertz CT molecular complexity index is 546. The Morgan fingerprint density at radius 2 is 2.05 bits per heavy atom. The topological polar surface area (TPSA) is 98.2 Å². The number of aromatic nitrogens is 2. The molecule has 1 N–H and O–H groups in total. The first-order valence-electron chi connectivity index (χ1n) is 5.91. The smallest absolute Gasteiger partial charge is 0.310 e. The van der Waals surface area contributed by atoms with Crippen LogP contribution in [0.4, 0.5) is 5.95 Å². The minimum absolute atomic E-state index is 0.0121. The molecular formula is C11H15N3O4S. The van der Waals surface area contributed by atoms with Crippen molar-refractivity contribution >= 4 is 21.9 Å². The number of nitrogens with one attached hydrogen (secondary N) is 1. The average Bonchev–Trinajstić information content (AvgIpc) is 2.88. The Hall–Kier alpha value is -1.70. The summed E-state index contributed by atoms with van der Waals surface area (Å²) in [5.41, 5.74) is 0. The van der Waals surface area contributed by atoms with Gasteiger partial charge in [0.15, 0.2) is 0 Å². The van der Waals surface area contributed by atoms with Gasteiger partial charge in [0.2, 0.25) is 16.0 Å². The number of hydrogen-bond donors (Lipinski definition) is 1. The second kappa shape index (κ2) is 5.52. The van der Waals surface area contributed by atoms with Gasteiger partial charge in [-0.1, -0.05) is 6.42 Å². The fraction of sp³-hybridized carbons (Fsp3) is 0.545. The van der Waals surface area contributed by atoms with Crippen molar-refractivity contribution in [3.05, 3.63) is 18.5 Å². The number of sulfonamides is 1. The molecule has 0 amide bonds. The molecule has 1 fully saturated rings. The van der Waals surface area contributed by atoms with Crippen LogP contribution >= 0.6 is 0 Å². The largest absolute Gasteiger partial charge is 0.469 e. The highest BCUT2D eigenvalue weighted by atomic mass is 32.2. The molecule has 8 heteroatoms. The van der Waals surface area contributed by atoms with Gasteiger partial charge in [-0.25, -0.2) is 18.4 Å². The van der Waals surface area contributed by atoms with E-state index in [4.69, 9.17) is 0 Å². The van der Waals surface area contributed by atoms with E-state index in [1.165, 1.54) is 19.5 Å². The number of methoxy groups -OCH3 is 1. The summed E-state index contributed by atoms with van der Waals surface area (Å²) in [6, 6.07) is 1.59. The van der Waals surface area contributed by atoms with E-state index in [1.54, 1.807) is 6.07 Å². The maximum Gasteiger partial charge on any atom is 0.310 e. The predicted octanol–water partition coefficient (Wildman–Crippen LogP) is 0.560. The summed E-state index contributed by atoms with van der Waals surface area (Å²) < 4.78 is 31.4. The number of anilines is 1. The molecule has 1 saturated carbocycles. The van der Waals surface area contributed by atoms with Crippen LogP contribution in [0.3, 0.4) is 0 Å². The maximum absolute atomic E-state index is 12.2. The van der Waals surface area contributed by atoms with E-state index in [2.05, 4.69) is 19.4 Å². The third-order valence-corrected chi connectivity index (χ3v) is 4.98. The Labute approximate surface area is 111 Å². The zero-order valence-electron chi connectivity index (χ0n) is 10.4. The summed E-state index contributed by atoms with van der Waals surface area (Å²) in [6.07, 6.45) is 4.52. The standard InChI is InChI=1S/C11H15N3O4S/c1-18-10(15)8-4-2-5-9(8)19(16,17)14-11-12-6-3-7-13-11/h3,6-9H,2,4-5H2,1H3,(H,12,13,14). The van der Waals surface area contributed by atoms with E-state index < -0.39 is 27.2 Å². The van der Waals surface area contributed by atoms with Gasteiger partial charge in [-0.3, -0.25) is 9.52 Å². The quantitative estimate of drug-likeness (QED) is 0.812. The summed E-state index contributed by atoms with van der Waals surface area (Å²) in [5.74, 6) is -1.09. The summed E-state index contributed by atoms with van der Waals surface area (Å²) in [6.45, 7) is 0. The van der Waals surface area contributed by atoms with Gasteiger partial charge in [0.05, 0.1) is 18.3 Å². The number of hydrogen-bond acceptors (Lipinski definition) is 6. The van der Waals surface area contributed by atoms with Crippen molar-refractivity contribution in [2.45, 2.75) is 24.5 Å². The van der Waals surface area contributed by atoms with Crippen LogP contribution in [0.2, 0.25) is 0 Å². The van der Waals surface area contributed by atoms with Crippen molar-refractivity contribution in [3.63, 3.8) is 0 Å². The first kappa shape index (κ1) is 13.7. The van der Waals surface area contributed by atoms with Crippen LogP contribution in [0.1, 0.15) is 19.3 Å². The van der Waals surface area contributed by atoms with Crippen LogP contribution in [0, 0.1) is 5.92 Å². The van der Waals surface area contributed by atoms with Crippen LogP contribution in [-0.2, 0) is 19.6 Å². The van der Waals surface area contributed by atoms with Crippen molar-refractivity contribution in [2.75, 3.05) is 11.8 Å². The minimum atomic E-state index is -3.69. The summed E-state index contributed by atoms with van der Waals surface area (Å²) >= 11 is 0. The Kier molecular flexibility index (Phi) is 3.98. The van der Waals surface area contributed by atoms with Gasteiger partial charge in [-0.2, -0.15) is 0 Å². The van der Waals surface area contributed by atoms with Crippen molar-refractivity contribution in [1.29, 1.82) is 0 Å². The highest BCUT2D eigenvalue weighted by Gasteiger charge is 2.42. The number of carbonyl (C=O) groups is 1. The molecule has 0 aliphatic heterocycles. The summed E-state index contributed by atoms with van der Waals surface area (Å²) in [5, 5.41) is -0.788. The lowest BCUT2D eigenvalue weighted by Gasteiger charge is -2.18. The Balaban J connectivity index is 2.17. The van der Waals surface area contributed by atoms with Gasteiger partial charge in [-0.15, -0.1) is 0 Å². The van der Waals surface area contributed by atoms with Crippen molar-refractivity contribution in [2.24, 2.45) is 5.92 Å². The molecule has 0 spiro atoms. The Morgan fingerprint density at radius 3 is 2.68 bits per heavy atom. The van der Waals surface area contributed by atoms with Crippen LogP contribution in [0.25, 0.3) is 0 Å². The molecule has 1 heterocycles. The van der Waals surface area contributed by atoms with E-state index in [0.717, 1.165) is 0 Å². The molecule has 1 aliphatic rings. The van der Waals surface area contributed by atoms with Crippen LogP contribution in [0.15, 0.2) is 18.5 Å². The molecule has 2 rings (SSSR count). The molecule has 0 radical (unpaired) electrons. The molecule has 19 heavy (non-hydrogen) atoms. The Morgan fingerprint density at radius 1 is 1.37 bits per heavy atom. The number of nitrogens with zero attached hydrogens (tertiary/aromatic N) is 2. The van der Waals surface area contributed by atoms with E-state index in [9.17, 15) is 13.2 Å². The lowest BCUT2D eigenvalue weighted by molar-refractivity contribution is -0.145. The van der Waals surface area contributed by atoms with Gasteiger partial charge in [0.25, 0.3) is 0 Å². The molecule has 1 aromatic heterocycles. The summed E-state index contributed by atoms with van der Waals surface area (Å²) in [7, 11) is -2.43. The number of esters is 1. The minimum Gasteiger partial charge on any atom is -0.469 e. The fourth-order valence-corrected chi connectivity index (χ4v) is 3.94. The third kappa shape index (κ3) is 3.01. The lowest BCUT2D eigenvalue weighted by atomic mass is 10.1. The van der Waals surface area contributed by atoms with Gasteiger partial charge in [0, 0.05) is 12.4 Å². The average molecular weight is 285 g/mol. The van der Waals surface area contributed by atoms with E-state index >= 15 is 0 Å². The lowest BCUT2D eigenvalue weighted by Crippen LogP contribution is -2.35. The summed E-state index contributed by atoms with van der Waals surface area (Å²) in [4.78, 5) is 19.2. The maximum atomic E-state index is 12.2. The first-order chi connectivity index (χ1) is 9.04. The van der Waals surface area contributed by atoms with Crippen LogP contribution in [-0.4, -0.2) is 36.7 Å². The van der Waals surface area contributed by atoms with Gasteiger partial charge in [-0.05, 0) is 18.9 Å². The molecule has 104 valence electrons. The second-order valence-corrected chi connectivity index (χ2v) is 6.22. The predicted molar refractivity (Wildman–Crippen MR) is 67.7 cm³/mol. The fourth-order valence-electron chi connectivity index (χ4n) is 2.27. The normalized spacial score (nSPS) is 23.0.